The second-order valence-corrected chi connectivity index (χ2v) is 7.70. The van der Waals surface area contributed by atoms with Crippen LogP contribution in [-0.4, -0.2) is 18.9 Å². The Bertz CT molecular complexity index is 593. The van der Waals surface area contributed by atoms with Gasteiger partial charge in [0.2, 0.25) is 0 Å². The van der Waals surface area contributed by atoms with Gasteiger partial charge in [-0.15, -0.1) is 0 Å². The molecule has 0 bridgehead atoms. The van der Waals surface area contributed by atoms with Gasteiger partial charge < -0.3 is 18.8 Å². The van der Waals surface area contributed by atoms with Crippen LogP contribution in [0.1, 0.15) is 41.5 Å². The van der Waals surface area contributed by atoms with E-state index >= 15 is 0 Å². The second kappa shape index (κ2) is 7.73. The van der Waals surface area contributed by atoms with Crippen molar-refractivity contribution in [2.24, 2.45) is 0 Å². The lowest BCUT2D eigenvalue weighted by Crippen LogP contribution is -2.22. The summed E-state index contributed by atoms with van der Waals surface area (Å²) in [5.41, 5.74) is -0.443. The first-order valence-corrected chi connectivity index (χ1v) is 8.34. The van der Waals surface area contributed by atoms with E-state index in [9.17, 15) is 0 Å². The molecule has 0 saturated heterocycles. The van der Waals surface area contributed by atoms with E-state index in [1.807, 2.05) is 90.1 Å². The third-order valence-electron chi connectivity index (χ3n) is 2.86. The number of benzene rings is 2. The molecule has 2 rings (SSSR count). The van der Waals surface area contributed by atoms with Crippen molar-refractivity contribution in [2.75, 3.05) is 0 Å². The third kappa shape index (κ3) is 7.42. The highest BCUT2D eigenvalue weighted by Crippen LogP contribution is 2.23. The molecule has 0 fully saturated rings. The zero-order valence-corrected chi connectivity index (χ0v) is 15.8. The summed E-state index contributed by atoms with van der Waals surface area (Å²) in [4.78, 5) is 0. The maximum Gasteiger partial charge on any atom is 0.658 e. The van der Waals surface area contributed by atoms with Gasteiger partial charge in [-0.05, 0) is 90.1 Å². The normalized spacial score (nSPS) is 11.6. The molecule has 5 heteroatoms. The summed E-state index contributed by atoms with van der Waals surface area (Å²) in [6, 6.07) is 14.8. The lowest BCUT2D eigenvalue weighted by molar-refractivity contribution is 0.130. The van der Waals surface area contributed by atoms with Gasteiger partial charge in [-0.25, -0.2) is 0 Å². The van der Waals surface area contributed by atoms with Gasteiger partial charge in [0.05, 0.1) is 0 Å². The number of rotatable bonds is 6. The zero-order valence-electron chi connectivity index (χ0n) is 15.8. The largest absolute Gasteiger partial charge is 0.658 e. The van der Waals surface area contributed by atoms with Crippen LogP contribution in [0.2, 0.25) is 0 Å². The van der Waals surface area contributed by atoms with Gasteiger partial charge in [-0.3, -0.25) is 0 Å². The maximum atomic E-state index is 5.77. The molecule has 0 N–H and O–H groups in total. The zero-order chi connectivity index (χ0) is 18.5. The van der Waals surface area contributed by atoms with E-state index in [0.29, 0.717) is 11.5 Å². The minimum Gasteiger partial charge on any atom is -0.526 e. The van der Waals surface area contributed by atoms with Crippen molar-refractivity contribution >= 4 is 7.69 Å². The van der Waals surface area contributed by atoms with Crippen LogP contribution in [-0.2, 0) is 0 Å². The predicted molar refractivity (Wildman–Crippen MR) is 101 cm³/mol. The third-order valence-corrected chi connectivity index (χ3v) is 2.86. The molecular weight excluding hydrogens is 315 g/mol. The highest BCUT2D eigenvalue weighted by Gasteiger charge is 2.12. The molecule has 25 heavy (non-hydrogen) atoms. The lowest BCUT2D eigenvalue weighted by atomic mass is 10.2. The van der Waals surface area contributed by atoms with Crippen molar-refractivity contribution in [1.29, 1.82) is 0 Å². The fourth-order valence-electron chi connectivity index (χ4n) is 2.01. The van der Waals surface area contributed by atoms with Crippen molar-refractivity contribution < 1.29 is 18.8 Å². The van der Waals surface area contributed by atoms with Gasteiger partial charge in [0.15, 0.2) is 0 Å². The Morgan fingerprint density at radius 2 is 0.800 bits per heavy atom. The van der Waals surface area contributed by atoms with E-state index in [-0.39, 0.29) is 11.2 Å². The first kappa shape index (κ1) is 19.0. The highest BCUT2D eigenvalue weighted by atomic mass is 16.6. The minimum atomic E-state index is -0.222. The molecule has 1 radical (unpaired) electrons. The average Bonchev–Trinajstić information content (AvgIpc) is 2.48. The quantitative estimate of drug-likeness (QED) is 0.690. The minimum absolute atomic E-state index is 0.222. The van der Waals surface area contributed by atoms with Crippen molar-refractivity contribution in [3.8, 4) is 23.0 Å². The molecule has 0 heterocycles. The van der Waals surface area contributed by atoms with Crippen LogP contribution in [0.4, 0.5) is 0 Å². The van der Waals surface area contributed by atoms with E-state index in [4.69, 9.17) is 18.8 Å². The average molecular weight is 341 g/mol. The summed E-state index contributed by atoms with van der Waals surface area (Å²) in [6.45, 7) is 12.1. The van der Waals surface area contributed by atoms with Gasteiger partial charge in [0.1, 0.15) is 34.2 Å². The van der Waals surface area contributed by atoms with E-state index in [0.717, 1.165) is 11.5 Å². The molecule has 0 aliphatic heterocycles. The summed E-state index contributed by atoms with van der Waals surface area (Å²) >= 11 is 0. The monoisotopic (exact) mass is 341 g/mol. The fraction of sp³-hybridized carbons (Fsp3) is 0.400. The topological polar surface area (TPSA) is 36.9 Å². The summed E-state index contributed by atoms with van der Waals surface area (Å²) in [5.74, 6) is 2.95. The Balaban J connectivity index is 1.80. The first-order valence-electron chi connectivity index (χ1n) is 8.34. The molecule has 0 aliphatic carbocycles. The second-order valence-electron chi connectivity index (χ2n) is 7.70. The Morgan fingerprint density at radius 3 is 1.08 bits per heavy atom. The van der Waals surface area contributed by atoms with Crippen LogP contribution in [0.5, 0.6) is 23.0 Å². The van der Waals surface area contributed by atoms with E-state index in [1.165, 1.54) is 7.69 Å². The smallest absolute Gasteiger partial charge is 0.526 e. The van der Waals surface area contributed by atoms with Gasteiger partial charge in [-0.1, -0.05) is 0 Å². The predicted octanol–water partition coefficient (Wildman–Crippen LogP) is 5.03. The van der Waals surface area contributed by atoms with Gasteiger partial charge >= 0.3 is 7.69 Å². The van der Waals surface area contributed by atoms with Crippen molar-refractivity contribution in [3.63, 3.8) is 0 Å². The molecular formula is C20H26BO4. The van der Waals surface area contributed by atoms with Crippen LogP contribution in [0.3, 0.4) is 0 Å². The summed E-state index contributed by atoms with van der Waals surface area (Å²) in [7, 11) is 1.30. The Labute approximate surface area is 151 Å². The van der Waals surface area contributed by atoms with Crippen LogP contribution in [0.15, 0.2) is 48.5 Å². The maximum absolute atomic E-state index is 5.77. The molecule has 0 saturated carbocycles. The molecule has 0 unspecified atom stereocenters. The van der Waals surface area contributed by atoms with Crippen LogP contribution >= 0.6 is 0 Å². The lowest BCUT2D eigenvalue weighted by Gasteiger charge is -2.21. The van der Waals surface area contributed by atoms with E-state index < -0.39 is 0 Å². The van der Waals surface area contributed by atoms with Gasteiger partial charge in [-0.2, -0.15) is 0 Å². The number of hydrogen-bond donors (Lipinski definition) is 0. The Kier molecular flexibility index (Phi) is 5.88. The van der Waals surface area contributed by atoms with E-state index in [1.54, 1.807) is 0 Å². The standard InChI is InChI=1S/C20H26BO4/c1-19(2,3)22-15-7-11-17(12-8-15)24-21-25-18-13-9-16(10-14-18)23-20(4,5)6/h7-14H,1-6H3. The van der Waals surface area contributed by atoms with Gasteiger partial charge in [0, 0.05) is 0 Å². The molecule has 133 valence electrons. The van der Waals surface area contributed by atoms with E-state index in [2.05, 4.69) is 0 Å². The Morgan fingerprint density at radius 1 is 0.520 bits per heavy atom. The number of ether oxygens (including phenoxy) is 2. The molecule has 0 aliphatic rings. The molecule has 0 spiro atoms. The van der Waals surface area contributed by atoms with Crippen molar-refractivity contribution in [2.45, 2.75) is 52.7 Å². The summed E-state index contributed by atoms with van der Waals surface area (Å²) in [6.07, 6.45) is 0. The fourth-order valence-corrected chi connectivity index (χ4v) is 2.01. The van der Waals surface area contributed by atoms with Crippen LogP contribution in [0, 0.1) is 0 Å². The summed E-state index contributed by atoms with van der Waals surface area (Å²) < 4.78 is 22.5. The van der Waals surface area contributed by atoms with Crippen LogP contribution < -0.4 is 18.8 Å². The number of hydrogen-bond acceptors (Lipinski definition) is 4. The molecule has 2 aromatic carbocycles. The SMILES string of the molecule is CC(C)(C)Oc1ccc(O[B]Oc2ccc(OC(C)(C)C)cc2)cc1. The molecule has 0 aromatic heterocycles. The molecule has 2 aromatic rings. The summed E-state index contributed by atoms with van der Waals surface area (Å²) in [5, 5.41) is 0. The van der Waals surface area contributed by atoms with Crippen molar-refractivity contribution in [1.82, 2.24) is 0 Å². The molecule has 4 nitrogen and oxygen atoms in total. The molecule has 0 amide bonds. The molecule has 0 atom stereocenters. The van der Waals surface area contributed by atoms with Crippen LogP contribution in [0.25, 0.3) is 0 Å². The van der Waals surface area contributed by atoms with Crippen molar-refractivity contribution in [3.05, 3.63) is 48.5 Å². The first-order chi connectivity index (χ1) is 11.6. The highest BCUT2D eigenvalue weighted by molar-refractivity contribution is 6.20. The van der Waals surface area contributed by atoms with Gasteiger partial charge in [0.25, 0.3) is 0 Å². The Hall–Kier alpha value is -2.30.